The summed E-state index contributed by atoms with van der Waals surface area (Å²) in [6, 6.07) is 5.45. The molecule has 0 spiro atoms. The maximum Gasteiger partial charge on any atom is 0.573 e. The smallest absolute Gasteiger partial charge is 0.406 e. The van der Waals surface area contributed by atoms with Crippen molar-refractivity contribution in [2.24, 2.45) is 5.73 Å². The molecule has 100 valence electrons. The van der Waals surface area contributed by atoms with E-state index >= 15 is 0 Å². The molecule has 0 heterocycles. The molecule has 1 amide bonds. The second-order valence-corrected chi connectivity index (χ2v) is 3.65. The summed E-state index contributed by atoms with van der Waals surface area (Å²) in [7, 11) is 1.52. The second-order valence-electron chi connectivity index (χ2n) is 3.65. The van der Waals surface area contributed by atoms with Crippen LogP contribution in [-0.4, -0.2) is 30.8 Å². The lowest BCUT2D eigenvalue weighted by Crippen LogP contribution is -2.32. The Bertz CT molecular complexity index is 421. The van der Waals surface area contributed by atoms with Gasteiger partial charge in [0.05, 0.1) is 6.54 Å². The molecule has 0 fully saturated rings. The molecular weight excluding hydrogens is 249 g/mol. The molecule has 0 aliphatic carbocycles. The van der Waals surface area contributed by atoms with Crippen LogP contribution in [-0.2, 0) is 11.3 Å². The Kier molecular flexibility index (Phi) is 4.55. The molecule has 0 aliphatic heterocycles. The van der Waals surface area contributed by atoms with Gasteiger partial charge in [0.1, 0.15) is 5.75 Å². The van der Waals surface area contributed by atoms with Crippen molar-refractivity contribution in [3.8, 4) is 5.75 Å². The first-order valence-electron chi connectivity index (χ1n) is 5.10. The SMILES string of the molecule is CN(Cc1cccc(OC(F)(F)F)c1)C(=O)CN. The molecule has 0 atom stereocenters. The Morgan fingerprint density at radius 3 is 2.67 bits per heavy atom. The number of nitrogens with zero attached hydrogens (tertiary/aromatic N) is 1. The van der Waals surface area contributed by atoms with Gasteiger partial charge in [0, 0.05) is 13.6 Å². The van der Waals surface area contributed by atoms with Gasteiger partial charge in [-0.1, -0.05) is 12.1 Å². The van der Waals surface area contributed by atoms with E-state index in [-0.39, 0.29) is 24.7 Å². The molecule has 1 rings (SSSR count). The molecule has 4 nitrogen and oxygen atoms in total. The van der Waals surface area contributed by atoms with Crippen LogP contribution < -0.4 is 10.5 Å². The average molecular weight is 262 g/mol. The van der Waals surface area contributed by atoms with E-state index in [0.29, 0.717) is 5.56 Å². The highest BCUT2D eigenvalue weighted by molar-refractivity contribution is 5.77. The van der Waals surface area contributed by atoms with Gasteiger partial charge in [0.25, 0.3) is 0 Å². The molecule has 7 heteroatoms. The summed E-state index contributed by atoms with van der Waals surface area (Å²) in [4.78, 5) is 12.5. The van der Waals surface area contributed by atoms with Crippen molar-refractivity contribution in [1.29, 1.82) is 0 Å². The van der Waals surface area contributed by atoms with Gasteiger partial charge < -0.3 is 15.4 Å². The molecule has 0 aromatic heterocycles. The van der Waals surface area contributed by atoms with Gasteiger partial charge in [0.2, 0.25) is 5.91 Å². The molecule has 0 unspecified atom stereocenters. The fourth-order valence-electron chi connectivity index (χ4n) is 1.36. The molecule has 18 heavy (non-hydrogen) atoms. The van der Waals surface area contributed by atoms with E-state index in [4.69, 9.17) is 5.73 Å². The average Bonchev–Trinajstić information content (AvgIpc) is 2.26. The van der Waals surface area contributed by atoms with Crippen LogP contribution in [0.15, 0.2) is 24.3 Å². The van der Waals surface area contributed by atoms with Crippen LogP contribution in [0.5, 0.6) is 5.75 Å². The van der Waals surface area contributed by atoms with Crippen LogP contribution in [0.25, 0.3) is 0 Å². The summed E-state index contributed by atoms with van der Waals surface area (Å²) < 4.78 is 39.8. The van der Waals surface area contributed by atoms with E-state index in [2.05, 4.69) is 4.74 Å². The lowest BCUT2D eigenvalue weighted by atomic mass is 10.2. The first kappa shape index (κ1) is 14.3. The molecule has 0 aliphatic rings. The van der Waals surface area contributed by atoms with Crippen molar-refractivity contribution in [1.82, 2.24) is 4.90 Å². The highest BCUT2D eigenvalue weighted by Crippen LogP contribution is 2.23. The molecule has 0 radical (unpaired) electrons. The zero-order valence-electron chi connectivity index (χ0n) is 9.70. The van der Waals surface area contributed by atoms with Crippen molar-refractivity contribution in [3.63, 3.8) is 0 Å². The van der Waals surface area contributed by atoms with Crippen LogP contribution in [0, 0.1) is 0 Å². The predicted molar refractivity (Wildman–Crippen MR) is 58.7 cm³/mol. The van der Waals surface area contributed by atoms with Gasteiger partial charge >= 0.3 is 6.36 Å². The number of alkyl halides is 3. The number of hydrogen-bond acceptors (Lipinski definition) is 3. The molecule has 0 saturated carbocycles. The monoisotopic (exact) mass is 262 g/mol. The van der Waals surface area contributed by atoms with Crippen LogP contribution in [0.4, 0.5) is 13.2 Å². The number of carbonyl (C=O) groups excluding carboxylic acids is 1. The zero-order chi connectivity index (χ0) is 13.8. The number of benzene rings is 1. The van der Waals surface area contributed by atoms with Gasteiger partial charge in [-0.3, -0.25) is 4.79 Å². The zero-order valence-corrected chi connectivity index (χ0v) is 9.70. The van der Waals surface area contributed by atoms with Gasteiger partial charge in [-0.05, 0) is 17.7 Å². The van der Waals surface area contributed by atoms with Crippen LogP contribution >= 0.6 is 0 Å². The fraction of sp³-hybridized carbons (Fsp3) is 0.364. The maximum absolute atomic E-state index is 12.0. The summed E-state index contributed by atoms with van der Waals surface area (Å²) in [5.74, 6) is -0.606. The summed E-state index contributed by atoms with van der Waals surface area (Å²) >= 11 is 0. The first-order valence-corrected chi connectivity index (χ1v) is 5.10. The largest absolute Gasteiger partial charge is 0.573 e. The summed E-state index contributed by atoms with van der Waals surface area (Å²) in [6.45, 7) is 0.0281. The number of amides is 1. The van der Waals surface area contributed by atoms with E-state index in [0.717, 1.165) is 0 Å². The van der Waals surface area contributed by atoms with Crippen molar-refractivity contribution >= 4 is 5.91 Å². The number of hydrogen-bond donors (Lipinski definition) is 1. The number of likely N-dealkylation sites (N-methyl/N-ethyl adjacent to an activating group) is 1. The molecule has 0 bridgehead atoms. The van der Waals surface area contributed by atoms with E-state index in [1.807, 2.05) is 0 Å². The maximum atomic E-state index is 12.0. The number of halogens is 3. The normalized spacial score (nSPS) is 11.2. The van der Waals surface area contributed by atoms with E-state index in [1.54, 1.807) is 6.07 Å². The fourth-order valence-corrected chi connectivity index (χ4v) is 1.36. The van der Waals surface area contributed by atoms with Crippen molar-refractivity contribution in [3.05, 3.63) is 29.8 Å². The number of nitrogens with two attached hydrogens (primary N) is 1. The van der Waals surface area contributed by atoms with E-state index < -0.39 is 6.36 Å². The van der Waals surface area contributed by atoms with Gasteiger partial charge in [-0.15, -0.1) is 13.2 Å². The Morgan fingerprint density at radius 2 is 2.11 bits per heavy atom. The number of ether oxygens (including phenoxy) is 1. The lowest BCUT2D eigenvalue weighted by Gasteiger charge is -2.17. The Hall–Kier alpha value is -1.76. The van der Waals surface area contributed by atoms with Gasteiger partial charge in [-0.2, -0.15) is 0 Å². The quantitative estimate of drug-likeness (QED) is 0.894. The Labute approximate surface area is 102 Å². The van der Waals surface area contributed by atoms with Crippen LogP contribution in [0.2, 0.25) is 0 Å². The third-order valence-corrected chi connectivity index (χ3v) is 2.15. The van der Waals surface area contributed by atoms with E-state index in [1.165, 1.54) is 30.1 Å². The highest BCUT2D eigenvalue weighted by Gasteiger charge is 2.31. The van der Waals surface area contributed by atoms with Gasteiger partial charge in [-0.25, -0.2) is 0 Å². The summed E-state index contributed by atoms with van der Waals surface area (Å²) in [6.07, 6.45) is -4.72. The van der Waals surface area contributed by atoms with Crippen LogP contribution in [0.1, 0.15) is 5.56 Å². The third kappa shape index (κ3) is 4.62. The topological polar surface area (TPSA) is 55.6 Å². The lowest BCUT2D eigenvalue weighted by molar-refractivity contribution is -0.274. The van der Waals surface area contributed by atoms with Crippen molar-refractivity contribution < 1.29 is 22.7 Å². The van der Waals surface area contributed by atoms with Crippen molar-refractivity contribution in [2.45, 2.75) is 12.9 Å². The second kappa shape index (κ2) is 5.72. The third-order valence-electron chi connectivity index (χ3n) is 2.15. The Morgan fingerprint density at radius 1 is 1.44 bits per heavy atom. The predicted octanol–water partition coefficient (Wildman–Crippen LogP) is 1.50. The number of rotatable bonds is 4. The number of carbonyl (C=O) groups is 1. The van der Waals surface area contributed by atoms with Gasteiger partial charge in [0.15, 0.2) is 0 Å². The summed E-state index contributed by atoms with van der Waals surface area (Å²) in [5.41, 5.74) is 5.70. The standard InChI is InChI=1S/C11H13F3N2O2/c1-16(10(17)6-15)7-8-3-2-4-9(5-8)18-11(12,13)14/h2-5H,6-7,15H2,1H3. The molecule has 1 aromatic carbocycles. The Balaban J connectivity index is 2.73. The van der Waals surface area contributed by atoms with Crippen molar-refractivity contribution in [2.75, 3.05) is 13.6 Å². The highest BCUT2D eigenvalue weighted by atomic mass is 19.4. The minimum absolute atomic E-state index is 0.144. The van der Waals surface area contributed by atoms with E-state index in [9.17, 15) is 18.0 Å². The first-order chi connectivity index (χ1) is 8.31. The molecule has 1 aromatic rings. The molecular formula is C11H13F3N2O2. The molecule has 0 saturated heterocycles. The minimum atomic E-state index is -4.72. The molecule has 2 N–H and O–H groups in total. The summed E-state index contributed by atoms with van der Waals surface area (Å²) in [5, 5.41) is 0. The van der Waals surface area contributed by atoms with Crippen LogP contribution in [0.3, 0.4) is 0 Å². The minimum Gasteiger partial charge on any atom is -0.406 e.